The average Bonchev–Trinajstić information content (AvgIpc) is 3.46. The van der Waals surface area contributed by atoms with E-state index in [0.29, 0.717) is 38.9 Å². The van der Waals surface area contributed by atoms with Crippen LogP contribution in [0.1, 0.15) is 64.5 Å². The molecule has 0 bridgehead atoms. The molecule has 12 nitrogen and oxygen atoms in total. The number of hydrogen-bond donors (Lipinski definition) is 3. The summed E-state index contributed by atoms with van der Waals surface area (Å²) >= 11 is 0. The van der Waals surface area contributed by atoms with E-state index in [-0.39, 0.29) is 35.6 Å². The number of carbonyl (C=O) groups excluding carboxylic acids is 3. The molecule has 1 fully saturated rings. The van der Waals surface area contributed by atoms with Gasteiger partial charge in [-0.15, -0.1) is 0 Å². The molecule has 0 radical (unpaired) electrons. The first kappa shape index (κ1) is 35.4. The predicted octanol–water partition coefficient (Wildman–Crippen LogP) is 3.30. The summed E-state index contributed by atoms with van der Waals surface area (Å²) in [4.78, 5) is 47.6. The van der Waals surface area contributed by atoms with Gasteiger partial charge in [0.1, 0.15) is 17.7 Å². The number of nitrogens with one attached hydrogen (secondary N) is 2. The number of nitrogens with zero attached hydrogens (tertiary/aromatic N) is 3. The van der Waals surface area contributed by atoms with E-state index in [0.717, 1.165) is 11.1 Å². The van der Waals surface area contributed by atoms with E-state index in [4.69, 9.17) is 10.5 Å². The Morgan fingerprint density at radius 1 is 1.11 bits per heavy atom. The predicted molar refractivity (Wildman–Crippen MR) is 173 cm³/mol. The van der Waals surface area contributed by atoms with Crippen LogP contribution in [0.25, 0.3) is 0 Å². The molecule has 2 atom stereocenters. The number of nitrogens with two attached hydrogens (primary N) is 1. The Morgan fingerprint density at radius 2 is 1.78 bits per heavy atom. The third-order valence-electron chi connectivity index (χ3n) is 7.22. The number of ether oxygens (including phenoxy) is 1. The zero-order chi connectivity index (χ0) is 33.2. The molecule has 0 aromatic heterocycles. The Labute approximate surface area is 266 Å². The fourth-order valence-electron chi connectivity index (χ4n) is 5.00. The number of guanidine groups is 1. The highest BCUT2D eigenvalue weighted by Crippen LogP contribution is 2.23. The summed E-state index contributed by atoms with van der Waals surface area (Å²) in [7, 11) is -3.91. The number of aryl methyl sites for hydroxylation is 1. The van der Waals surface area contributed by atoms with Gasteiger partial charge in [-0.25, -0.2) is 17.9 Å². The summed E-state index contributed by atoms with van der Waals surface area (Å²) in [6.07, 6.45) is 0.888. The van der Waals surface area contributed by atoms with Crippen LogP contribution in [0.3, 0.4) is 0 Å². The molecule has 2 aromatic rings. The molecule has 3 rings (SSSR count). The normalized spacial score (nSPS) is 16.2. The highest BCUT2D eigenvalue weighted by Gasteiger charge is 2.39. The molecule has 0 aliphatic carbocycles. The lowest BCUT2D eigenvalue weighted by atomic mass is 10.1. The molecule has 1 aliphatic rings. The summed E-state index contributed by atoms with van der Waals surface area (Å²) in [5.41, 5.74) is 6.98. The monoisotopic (exact) mass is 642 g/mol. The van der Waals surface area contributed by atoms with Crippen LogP contribution >= 0.6 is 0 Å². The van der Waals surface area contributed by atoms with E-state index in [2.05, 4.69) is 15.0 Å². The van der Waals surface area contributed by atoms with Gasteiger partial charge in [0.15, 0.2) is 0 Å². The Kier molecular flexibility index (Phi) is 12.4. The van der Waals surface area contributed by atoms with Gasteiger partial charge in [-0.2, -0.15) is 0 Å². The molecule has 1 heterocycles. The van der Waals surface area contributed by atoms with E-state index in [1.54, 1.807) is 42.7 Å². The Hall–Kier alpha value is -4.13. The minimum absolute atomic E-state index is 0.0543. The standard InChI is InChI=1S/C32H46N6O6S/c1-6-37(22-24-12-8-7-9-13-24)29(40)27-15-11-21-38(27)28(39)26(35-31(41)44-32(3,4)5)14-10-20-34-30(33)36-45(42,43)25-18-16-23(2)17-19-25/h7-9,12-13,16-19,26-27H,6,10-11,14-15,20-22H2,1-5H3,(H,35,41)(H3,33,34,36)/t26-,27-/m0/s1. The number of sulfonamides is 1. The van der Waals surface area contributed by atoms with E-state index in [9.17, 15) is 22.8 Å². The van der Waals surface area contributed by atoms with Crippen molar-refractivity contribution in [1.29, 1.82) is 0 Å². The number of aliphatic imine (C=N–C) groups is 1. The van der Waals surface area contributed by atoms with Crippen LogP contribution in [0.2, 0.25) is 0 Å². The van der Waals surface area contributed by atoms with Gasteiger partial charge in [-0.05, 0) is 78.0 Å². The molecular formula is C32H46N6O6S. The quantitative estimate of drug-likeness (QED) is 0.182. The second-order valence-corrected chi connectivity index (χ2v) is 13.7. The van der Waals surface area contributed by atoms with Gasteiger partial charge in [0.05, 0.1) is 4.90 Å². The summed E-state index contributed by atoms with van der Waals surface area (Å²) in [5, 5.41) is 2.68. The van der Waals surface area contributed by atoms with Crippen LogP contribution < -0.4 is 15.8 Å². The molecule has 246 valence electrons. The minimum Gasteiger partial charge on any atom is -0.444 e. The first-order valence-electron chi connectivity index (χ1n) is 15.2. The van der Waals surface area contributed by atoms with Crippen LogP contribution in [0.15, 0.2) is 64.5 Å². The summed E-state index contributed by atoms with van der Waals surface area (Å²) in [5.74, 6) is -0.812. The van der Waals surface area contributed by atoms with Crippen molar-refractivity contribution in [3.63, 3.8) is 0 Å². The van der Waals surface area contributed by atoms with Crippen LogP contribution in [-0.2, 0) is 30.9 Å². The summed E-state index contributed by atoms with van der Waals surface area (Å²) < 4.78 is 32.9. The molecule has 1 saturated heterocycles. The molecule has 0 saturated carbocycles. The van der Waals surface area contributed by atoms with Crippen molar-refractivity contribution in [3.05, 3.63) is 65.7 Å². The first-order valence-corrected chi connectivity index (χ1v) is 16.7. The van der Waals surface area contributed by atoms with Crippen molar-refractivity contribution >= 4 is 33.9 Å². The molecule has 13 heteroatoms. The highest BCUT2D eigenvalue weighted by molar-refractivity contribution is 7.90. The second-order valence-electron chi connectivity index (χ2n) is 12.1. The maximum Gasteiger partial charge on any atom is 0.408 e. The Bertz CT molecular complexity index is 1440. The molecule has 0 unspecified atom stereocenters. The second kappa shape index (κ2) is 15.7. The van der Waals surface area contributed by atoms with Crippen molar-refractivity contribution < 1.29 is 27.5 Å². The zero-order valence-corrected chi connectivity index (χ0v) is 27.6. The fraction of sp³-hybridized carbons (Fsp3) is 0.500. The molecule has 0 spiro atoms. The molecule has 3 amide bonds. The minimum atomic E-state index is -3.91. The lowest BCUT2D eigenvalue weighted by Gasteiger charge is -2.32. The maximum atomic E-state index is 13.9. The van der Waals surface area contributed by atoms with Gasteiger partial charge in [0.2, 0.25) is 17.8 Å². The smallest absolute Gasteiger partial charge is 0.408 e. The lowest BCUT2D eigenvalue weighted by molar-refractivity contribution is -0.145. The van der Waals surface area contributed by atoms with E-state index >= 15 is 0 Å². The summed E-state index contributed by atoms with van der Waals surface area (Å²) in [6.45, 7) is 10.3. The zero-order valence-electron chi connectivity index (χ0n) is 26.8. The number of benzene rings is 2. The van der Waals surface area contributed by atoms with E-state index in [1.807, 2.05) is 44.2 Å². The average molecular weight is 643 g/mol. The molecule has 45 heavy (non-hydrogen) atoms. The number of likely N-dealkylation sites (tertiary alicyclic amines) is 1. The largest absolute Gasteiger partial charge is 0.444 e. The van der Waals surface area contributed by atoms with Gasteiger partial charge < -0.3 is 25.6 Å². The lowest BCUT2D eigenvalue weighted by Crippen LogP contribution is -2.54. The topological polar surface area (TPSA) is 163 Å². The molecule has 4 N–H and O–H groups in total. The molecule has 1 aliphatic heterocycles. The Balaban J connectivity index is 1.69. The maximum absolute atomic E-state index is 13.9. The van der Waals surface area contributed by atoms with Gasteiger partial charge in [-0.1, -0.05) is 48.0 Å². The third kappa shape index (κ3) is 10.8. The van der Waals surface area contributed by atoms with Crippen LogP contribution in [0.5, 0.6) is 0 Å². The number of rotatable bonds is 12. The molecule has 2 aromatic carbocycles. The van der Waals surface area contributed by atoms with E-state index < -0.39 is 33.8 Å². The van der Waals surface area contributed by atoms with Gasteiger partial charge in [0, 0.05) is 26.2 Å². The van der Waals surface area contributed by atoms with E-state index in [1.165, 1.54) is 12.1 Å². The fourth-order valence-corrected chi connectivity index (χ4v) is 5.95. The molecular weight excluding hydrogens is 596 g/mol. The van der Waals surface area contributed by atoms with Gasteiger partial charge >= 0.3 is 6.09 Å². The van der Waals surface area contributed by atoms with Crippen LogP contribution in [0.4, 0.5) is 4.79 Å². The van der Waals surface area contributed by atoms with Crippen molar-refractivity contribution in [1.82, 2.24) is 19.8 Å². The number of carbonyl (C=O) groups is 3. The van der Waals surface area contributed by atoms with Crippen molar-refractivity contribution in [2.45, 2.75) is 89.4 Å². The number of likely N-dealkylation sites (N-methyl/N-ethyl adjacent to an activating group) is 1. The van der Waals surface area contributed by atoms with Crippen molar-refractivity contribution in [2.24, 2.45) is 10.7 Å². The number of amides is 3. The number of hydrogen-bond acceptors (Lipinski definition) is 7. The summed E-state index contributed by atoms with van der Waals surface area (Å²) in [6, 6.07) is 14.3. The highest BCUT2D eigenvalue weighted by atomic mass is 32.2. The van der Waals surface area contributed by atoms with Crippen LogP contribution in [0, 0.1) is 6.92 Å². The third-order valence-corrected chi connectivity index (χ3v) is 8.59. The number of alkyl carbamates (subject to hydrolysis) is 1. The first-order chi connectivity index (χ1) is 21.2. The van der Waals surface area contributed by atoms with Crippen molar-refractivity contribution in [2.75, 3.05) is 19.6 Å². The van der Waals surface area contributed by atoms with Gasteiger partial charge in [0.25, 0.3) is 10.0 Å². The van der Waals surface area contributed by atoms with Gasteiger partial charge in [-0.3, -0.25) is 14.6 Å². The van der Waals surface area contributed by atoms with Crippen LogP contribution in [-0.4, -0.2) is 79.4 Å². The Morgan fingerprint density at radius 3 is 2.40 bits per heavy atom. The van der Waals surface area contributed by atoms with Crippen molar-refractivity contribution in [3.8, 4) is 0 Å². The SMILES string of the molecule is CCN(Cc1ccccc1)C(=O)[C@@H]1CCCN1C(=O)[C@H](CCCN=C(N)NS(=O)(=O)c1ccc(C)cc1)NC(=O)OC(C)(C)C.